The van der Waals surface area contributed by atoms with Crippen LogP contribution in [0.2, 0.25) is 0 Å². The maximum Gasteiger partial charge on any atom is 0.310 e. The molecule has 2 aromatic carbocycles. The second kappa shape index (κ2) is 7.40. The van der Waals surface area contributed by atoms with Crippen LogP contribution in [0.15, 0.2) is 48.5 Å². The zero-order valence-electron chi connectivity index (χ0n) is 12.9. The standard InChI is InChI=1S/C17H17NO5/c1-3-22-14-10-8-13(9-11-14)17(19)12(2)23-16-7-5-4-6-15(16)18(20)21/h4-12H,3H2,1-2H3/t12-/m1/s1. The van der Waals surface area contributed by atoms with Gasteiger partial charge in [0.15, 0.2) is 11.9 Å². The Balaban J connectivity index is 2.12. The molecule has 0 unspecified atom stereocenters. The third kappa shape index (κ3) is 4.06. The number of Topliss-reactive ketones (excluding diaryl/α,β-unsaturated/α-hetero) is 1. The van der Waals surface area contributed by atoms with Crippen LogP contribution in [0.5, 0.6) is 11.5 Å². The van der Waals surface area contributed by atoms with Crippen LogP contribution in [0.3, 0.4) is 0 Å². The summed E-state index contributed by atoms with van der Waals surface area (Å²) in [5, 5.41) is 11.0. The fourth-order valence-electron chi connectivity index (χ4n) is 2.07. The molecule has 0 aliphatic carbocycles. The molecule has 0 aliphatic heterocycles. The molecule has 0 amide bonds. The highest BCUT2D eigenvalue weighted by atomic mass is 16.6. The van der Waals surface area contributed by atoms with E-state index >= 15 is 0 Å². The predicted octanol–water partition coefficient (Wildman–Crippen LogP) is 3.64. The molecule has 0 fully saturated rings. The highest BCUT2D eigenvalue weighted by Gasteiger charge is 2.21. The molecule has 120 valence electrons. The summed E-state index contributed by atoms with van der Waals surface area (Å²) in [6, 6.07) is 12.7. The van der Waals surface area contributed by atoms with Crippen LogP contribution in [-0.2, 0) is 0 Å². The monoisotopic (exact) mass is 315 g/mol. The van der Waals surface area contributed by atoms with Crippen molar-refractivity contribution in [1.82, 2.24) is 0 Å². The summed E-state index contributed by atoms with van der Waals surface area (Å²) in [6.07, 6.45) is -0.839. The Hall–Kier alpha value is -2.89. The van der Waals surface area contributed by atoms with Crippen molar-refractivity contribution in [2.24, 2.45) is 0 Å². The minimum absolute atomic E-state index is 0.0734. The molecule has 0 saturated carbocycles. The molecule has 0 N–H and O–H groups in total. The topological polar surface area (TPSA) is 78.7 Å². The quantitative estimate of drug-likeness (QED) is 0.443. The minimum Gasteiger partial charge on any atom is -0.494 e. The molecule has 0 spiro atoms. The van der Waals surface area contributed by atoms with Crippen molar-refractivity contribution in [3.63, 3.8) is 0 Å². The third-order valence-corrected chi connectivity index (χ3v) is 3.18. The van der Waals surface area contributed by atoms with E-state index in [1.54, 1.807) is 43.3 Å². The van der Waals surface area contributed by atoms with E-state index in [1.165, 1.54) is 12.1 Å². The number of ketones is 1. The summed E-state index contributed by atoms with van der Waals surface area (Å²) in [4.78, 5) is 22.8. The summed E-state index contributed by atoms with van der Waals surface area (Å²) in [6.45, 7) is 3.99. The normalized spacial score (nSPS) is 11.6. The fourth-order valence-corrected chi connectivity index (χ4v) is 2.07. The lowest BCUT2D eigenvalue weighted by Gasteiger charge is -2.14. The molecule has 6 nitrogen and oxygen atoms in total. The van der Waals surface area contributed by atoms with Gasteiger partial charge in [-0.05, 0) is 44.2 Å². The molecule has 6 heteroatoms. The molecule has 23 heavy (non-hydrogen) atoms. The number of benzene rings is 2. The third-order valence-electron chi connectivity index (χ3n) is 3.18. The van der Waals surface area contributed by atoms with E-state index in [0.29, 0.717) is 17.9 Å². The van der Waals surface area contributed by atoms with E-state index in [9.17, 15) is 14.9 Å². The lowest BCUT2D eigenvalue weighted by atomic mass is 10.1. The Labute approximate surface area is 133 Å². The van der Waals surface area contributed by atoms with Crippen molar-refractivity contribution >= 4 is 11.5 Å². The molecule has 0 heterocycles. The Morgan fingerprint density at radius 1 is 1.17 bits per heavy atom. The highest BCUT2D eigenvalue weighted by molar-refractivity contribution is 5.99. The number of carbonyl (C=O) groups is 1. The Morgan fingerprint density at radius 2 is 1.83 bits per heavy atom. The molecule has 0 aliphatic rings. The van der Waals surface area contributed by atoms with E-state index in [-0.39, 0.29) is 17.2 Å². The van der Waals surface area contributed by atoms with Gasteiger partial charge in [0.2, 0.25) is 5.78 Å². The van der Waals surface area contributed by atoms with Gasteiger partial charge in [-0.1, -0.05) is 12.1 Å². The van der Waals surface area contributed by atoms with Crippen LogP contribution < -0.4 is 9.47 Å². The zero-order valence-corrected chi connectivity index (χ0v) is 12.9. The van der Waals surface area contributed by atoms with Crippen molar-refractivity contribution in [1.29, 1.82) is 0 Å². The van der Waals surface area contributed by atoms with Gasteiger partial charge in [0.1, 0.15) is 5.75 Å². The van der Waals surface area contributed by atoms with Crippen LogP contribution in [0.4, 0.5) is 5.69 Å². The van der Waals surface area contributed by atoms with E-state index in [4.69, 9.17) is 9.47 Å². The second-order valence-electron chi connectivity index (χ2n) is 4.81. The number of hydrogen-bond acceptors (Lipinski definition) is 5. The van der Waals surface area contributed by atoms with Crippen LogP contribution in [0.25, 0.3) is 0 Å². The number of rotatable bonds is 7. The van der Waals surface area contributed by atoms with Gasteiger partial charge in [0.05, 0.1) is 11.5 Å². The first-order valence-electron chi connectivity index (χ1n) is 7.20. The number of nitro benzene ring substituents is 1. The van der Waals surface area contributed by atoms with Crippen molar-refractivity contribution in [3.05, 3.63) is 64.2 Å². The molecule has 2 rings (SSSR count). The average Bonchev–Trinajstić information content (AvgIpc) is 2.55. The number of nitro groups is 1. The van der Waals surface area contributed by atoms with Crippen LogP contribution >= 0.6 is 0 Å². The van der Waals surface area contributed by atoms with Gasteiger partial charge in [0, 0.05) is 11.6 Å². The van der Waals surface area contributed by atoms with Crippen LogP contribution in [0.1, 0.15) is 24.2 Å². The Bertz CT molecular complexity index is 696. The van der Waals surface area contributed by atoms with Crippen molar-refractivity contribution < 1.29 is 19.2 Å². The van der Waals surface area contributed by atoms with Gasteiger partial charge in [-0.25, -0.2) is 0 Å². The number of hydrogen-bond donors (Lipinski definition) is 0. The van der Waals surface area contributed by atoms with Gasteiger partial charge in [-0.2, -0.15) is 0 Å². The summed E-state index contributed by atoms with van der Waals surface area (Å²) in [5.41, 5.74) is 0.290. The van der Waals surface area contributed by atoms with Gasteiger partial charge in [0.25, 0.3) is 0 Å². The maximum atomic E-state index is 12.4. The first-order chi connectivity index (χ1) is 11.0. The van der Waals surface area contributed by atoms with E-state index in [2.05, 4.69) is 0 Å². The second-order valence-corrected chi connectivity index (χ2v) is 4.81. The Morgan fingerprint density at radius 3 is 2.43 bits per heavy atom. The van der Waals surface area contributed by atoms with Crippen molar-refractivity contribution in [3.8, 4) is 11.5 Å². The lowest BCUT2D eigenvalue weighted by molar-refractivity contribution is -0.386. The minimum atomic E-state index is -0.839. The first kappa shape index (κ1) is 16.5. The molecule has 1 atom stereocenters. The number of ether oxygens (including phenoxy) is 2. The fraction of sp³-hybridized carbons (Fsp3) is 0.235. The number of nitrogens with zero attached hydrogens (tertiary/aromatic N) is 1. The molecular formula is C17H17NO5. The summed E-state index contributed by atoms with van der Waals surface area (Å²) < 4.78 is 10.8. The van der Waals surface area contributed by atoms with E-state index in [0.717, 1.165) is 0 Å². The maximum absolute atomic E-state index is 12.4. The smallest absolute Gasteiger partial charge is 0.310 e. The average molecular weight is 315 g/mol. The highest BCUT2D eigenvalue weighted by Crippen LogP contribution is 2.27. The van der Waals surface area contributed by atoms with Crippen LogP contribution in [-0.4, -0.2) is 23.4 Å². The van der Waals surface area contributed by atoms with E-state index in [1.807, 2.05) is 6.92 Å². The van der Waals surface area contributed by atoms with Gasteiger partial charge >= 0.3 is 5.69 Å². The molecule has 0 bridgehead atoms. The van der Waals surface area contributed by atoms with Crippen LogP contribution in [0, 0.1) is 10.1 Å². The SMILES string of the molecule is CCOc1ccc(C(=O)[C@@H](C)Oc2ccccc2[N+](=O)[O-])cc1. The van der Waals surface area contributed by atoms with Crippen molar-refractivity contribution in [2.45, 2.75) is 20.0 Å². The summed E-state index contributed by atoms with van der Waals surface area (Å²) in [7, 11) is 0. The molecule has 0 saturated heterocycles. The van der Waals surface area contributed by atoms with Gasteiger partial charge in [-0.3, -0.25) is 14.9 Å². The first-order valence-corrected chi connectivity index (χ1v) is 7.20. The zero-order chi connectivity index (χ0) is 16.8. The van der Waals surface area contributed by atoms with Gasteiger partial charge in [-0.15, -0.1) is 0 Å². The van der Waals surface area contributed by atoms with Gasteiger partial charge < -0.3 is 9.47 Å². The Kier molecular flexibility index (Phi) is 5.30. The van der Waals surface area contributed by atoms with E-state index < -0.39 is 11.0 Å². The van der Waals surface area contributed by atoms with Crippen molar-refractivity contribution in [2.75, 3.05) is 6.61 Å². The lowest BCUT2D eigenvalue weighted by Crippen LogP contribution is -2.24. The number of carbonyl (C=O) groups excluding carboxylic acids is 1. The summed E-state index contributed by atoms with van der Waals surface area (Å²) >= 11 is 0. The molecule has 2 aromatic rings. The number of para-hydroxylation sites is 2. The molecular weight excluding hydrogens is 298 g/mol. The molecule has 0 aromatic heterocycles. The largest absolute Gasteiger partial charge is 0.494 e. The predicted molar refractivity (Wildman–Crippen MR) is 85.1 cm³/mol. The molecule has 0 radical (unpaired) electrons. The summed E-state index contributed by atoms with van der Waals surface area (Å²) in [5.74, 6) is 0.492.